The lowest BCUT2D eigenvalue weighted by Crippen LogP contribution is -2.46. The van der Waals surface area contributed by atoms with Crippen molar-refractivity contribution in [2.24, 2.45) is 0 Å². The molecule has 9 nitrogen and oxygen atoms in total. The number of carbonyl (C=O) groups is 2. The van der Waals surface area contributed by atoms with Crippen molar-refractivity contribution in [3.05, 3.63) is 84.2 Å². The first-order chi connectivity index (χ1) is 17.5. The number of ether oxygens (including phenoxy) is 2. The van der Waals surface area contributed by atoms with Gasteiger partial charge in [-0.25, -0.2) is 9.07 Å². The summed E-state index contributed by atoms with van der Waals surface area (Å²) < 4.78 is 25.6. The third-order valence-corrected chi connectivity index (χ3v) is 5.60. The van der Waals surface area contributed by atoms with Crippen LogP contribution in [0.15, 0.2) is 72.8 Å². The number of hydrogen-bond donors (Lipinski definition) is 1. The third-order valence-electron chi connectivity index (χ3n) is 5.60. The molecule has 0 unspecified atom stereocenters. The van der Waals surface area contributed by atoms with E-state index >= 15 is 0 Å². The standard InChI is InChI=1S/C26H26FN5O4/c1-35-15-14-28-26(34)25(18-10-12-19(27)13-11-18)32(20-6-5-7-21(16-20)36-2)24(33)17-31-23-9-4-3-8-22(23)29-30-31/h3-13,16,25H,14-15,17H2,1-2H3,(H,28,34)/t25-/m0/s1. The number of hydrogen-bond acceptors (Lipinski definition) is 6. The Balaban J connectivity index is 1.79. The number of para-hydroxylation sites is 1. The van der Waals surface area contributed by atoms with E-state index in [2.05, 4.69) is 15.6 Å². The van der Waals surface area contributed by atoms with E-state index in [4.69, 9.17) is 9.47 Å². The number of anilines is 1. The van der Waals surface area contributed by atoms with Gasteiger partial charge in [-0.1, -0.05) is 35.5 Å². The van der Waals surface area contributed by atoms with Gasteiger partial charge in [-0.15, -0.1) is 5.10 Å². The molecule has 1 atom stereocenters. The smallest absolute Gasteiger partial charge is 0.249 e. The second kappa shape index (κ2) is 11.4. The summed E-state index contributed by atoms with van der Waals surface area (Å²) in [4.78, 5) is 28.7. The molecule has 0 saturated heterocycles. The van der Waals surface area contributed by atoms with Crippen LogP contribution in [0, 0.1) is 5.82 Å². The van der Waals surface area contributed by atoms with Gasteiger partial charge in [-0.05, 0) is 42.0 Å². The molecule has 0 aliphatic carbocycles. The van der Waals surface area contributed by atoms with Gasteiger partial charge < -0.3 is 14.8 Å². The van der Waals surface area contributed by atoms with Crippen LogP contribution >= 0.6 is 0 Å². The molecule has 0 spiro atoms. The van der Waals surface area contributed by atoms with E-state index < -0.39 is 23.7 Å². The van der Waals surface area contributed by atoms with E-state index in [0.29, 0.717) is 34.6 Å². The monoisotopic (exact) mass is 491 g/mol. The van der Waals surface area contributed by atoms with Gasteiger partial charge in [0.25, 0.3) is 0 Å². The molecule has 36 heavy (non-hydrogen) atoms. The van der Waals surface area contributed by atoms with Crippen LogP contribution in [0.5, 0.6) is 5.75 Å². The first-order valence-corrected chi connectivity index (χ1v) is 11.3. The van der Waals surface area contributed by atoms with Crippen molar-refractivity contribution >= 4 is 28.5 Å². The number of aromatic nitrogens is 3. The van der Waals surface area contributed by atoms with Gasteiger partial charge in [0.05, 0.1) is 19.2 Å². The number of nitrogens with zero attached hydrogens (tertiary/aromatic N) is 4. The normalized spacial score (nSPS) is 11.8. The topological polar surface area (TPSA) is 98.6 Å². The predicted molar refractivity (Wildman–Crippen MR) is 132 cm³/mol. The van der Waals surface area contributed by atoms with Gasteiger partial charge in [0.2, 0.25) is 11.8 Å². The molecule has 1 aromatic heterocycles. The number of carbonyl (C=O) groups excluding carboxylic acids is 2. The highest BCUT2D eigenvalue weighted by molar-refractivity contribution is 6.01. The zero-order valence-corrected chi connectivity index (χ0v) is 19.9. The van der Waals surface area contributed by atoms with E-state index in [1.165, 1.54) is 48.1 Å². The average Bonchev–Trinajstić information content (AvgIpc) is 3.30. The van der Waals surface area contributed by atoms with Crippen LogP contribution in [0.1, 0.15) is 11.6 Å². The van der Waals surface area contributed by atoms with Crippen molar-refractivity contribution < 1.29 is 23.5 Å². The minimum atomic E-state index is -1.10. The first kappa shape index (κ1) is 24.8. The quantitative estimate of drug-likeness (QED) is 0.342. The van der Waals surface area contributed by atoms with Crippen molar-refractivity contribution in [3.63, 3.8) is 0 Å². The summed E-state index contributed by atoms with van der Waals surface area (Å²) >= 11 is 0. The van der Waals surface area contributed by atoms with Gasteiger partial charge >= 0.3 is 0 Å². The van der Waals surface area contributed by atoms with Crippen molar-refractivity contribution in [1.29, 1.82) is 0 Å². The Kier molecular flexibility index (Phi) is 7.86. The minimum Gasteiger partial charge on any atom is -0.497 e. The predicted octanol–water partition coefficient (Wildman–Crippen LogP) is 3.12. The highest BCUT2D eigenvalue weighted by Crippen LogP contribution is 2.31. The maximum Gasteiger partial charge on any atom is 0.249 e. The van der Waals surface area contributed by atoms with Crippen LogP contribution in [0.3, 0.4) is 0 Å². The number of methoxy groups -OCH3 is 2. The summed E-state index contributed by atoms with van der Waals surface area (Å²) in [7, 11) is 3.04. The van der Waals surface area contributed by atoms with Gasteiger partial charge in [-0.2, -0.15) is 0 Å². The molecule has 0 fully saturated rings. The fourth-order valence-electron chi connectivity index (χ4n) is 3.87. The Morgan fingerprint density at radius 1 is 1.06 bits per heavy atom. The number of amides is 2. The fraction of sp³-hybridized carbons (Fsp3) is 0.231. The van der Waals surface area contributed by atoms with E-state index in [9.17, 15) is 14.0 Å². The Bertz CT molecular complexity index is 1340. The molecular weight excluding hydrogens is 465 g/mol. The lowest BCUT2D eigenvalue weighted by atomic mass is 10.0. The maximum absolute atomic E-state index is 13.9. The minimum absolute atomic E-state index is 0.180. The summed E-state index contributed by atoms with van der Waals surface area (Å²) in [6.45, 7) is 0.349. The lowest BCUT2D eigenvalue weighted by Gasteiger charge is -2.31. The summed E-state index contributed by atoms with van der Waals surface area (Å²) in [5, 5.41) is 11.0. The molecule has 186 valence electrons. The third kappa shape index (κ3) is 5.49. The fourth-order valence-corrected chi connectivity index (χ4v) is 3.87. The van der Waals surface area contributed by atoms with Crippen LogP contribution in [-0.4, -0.2) is 54.2 Å². The van der Waals surface area contributed by atoms with E-state index in [1.807, 2.05) is 18.2 Å². The number of nitrogens with one attached hydrogen (secondary N) is 1. The lowest BCUT2D eigenvalue weighted by molar-refractivity contribution is -0.127. The Labute approximate surface area is 207 Å². The van der Waals surface area contributed by atoms with Crippen LogP contribution in [-0.2, 0) is 20.9 Å². The largest absolute Gasteiger partial charge is 0.497 e. The molecule has 3 aromatic carbocycles. The Hall–Kier alpha value is -4.31. The molecular formula is C26H26FN5O4. The van der Waals surface area contributed by atoms with E-state index in [-0.39, 0.29) is 13.1 Å². The molecule has 0 radical (unpaired) electrons. The second-order valence-electron chi connectivity index (χ2n) is 7.94. The molecule has 4 rings (SSSR count). The summed E-state index contributed by atoms with van der Waals surface area (Å²) in [5.74, 6) is -0.812. The zero-order chi connectivity index (χ0) is 25.5. The van der Waals surface area contributed by atoms with Gasteiger partial charge in [0.15, 0.2) is 0 Å². The summed E-state index contributed by atoms with van der Waals surface area (Å²) in [5.41, 5.74) is 2.19. The maximum atomic E-state index is 13.9. The van der Waals surface area contributed by atoms with Crippen molar-refractivity contribution in [3.8, 4) is 5.75 Å². The van der Waals surface area contributed by atoms with Crippen LogP contribution in [0.4, 0.5) is 10.1 Å². The number of fused-ring (bicyclic) bond motifs is 1. The second-order valence-corrected chi connectivity index (χ2v) is 7.94. The molecule has 2 amide bonds. The molecule has 1 heterocycles. The Morgan fingerprint density at radius 2 is 1.83 bits per heavy atom. The molecule has 10 heteroatoms. The van der Waals surface area contributed by atoms with Gasteiger partial charge in [0, 0.05) is 25.4 Å². The highest BCUT2D eigenvalue weighted by Gasteiger charge is 2.33. The average molecular weight is 492 g/mol. The molecule has 1 N–H and O–H groups in total. The number of rotatable bonds is 10. The van der Waals surface area contributed by atoms with E-state index in [0.717, 1.165) is 0 Å². The molecule has 0 saturated carbocycles. The van der Waals surface area contributed by atoms with Crippen LogP contribution in [0.2, 0.25) is 0 Å². The number of halogens is 1. The van der Waals surface area contributed by atoms with Crippen molar-refractivity contribution in [2.75, 3.05) is 32.3 Å². The summed E-state index contributed by atoms with van der Waals surface area (Å²) in [6.07, 6.45) is 0. The summed E-state index contributed by atoms with van der Waals surface area (Å²) in [6, 6.07) is 18.5. The van der Waals surface area contributed by atoms with Crippen LogP contribution in [0.25, 0.3) is 11.0 Å². The van der Waals surface area contributed by atoms with Gasteiger partial charge in [0.1, 0.15) is 29.7 Å². The molecule has 0 aliphatic rings. The SMILES string of the molecule is COCCNC(=O)[C@H](c1ccc(F)cc1)N(C(=O)Cn1nnc2ccccc21)c1cccc(OC)c1. The van der Waals surface area contributed by atoms with Crippen molar-refractivity contribution in [2.45, 2.75) is 12.6 Å². The molecule has 4 aromatic rings. The van der Waals surface area contributed by atoms with E-state index in [1.54, 1.807) is 30.3 Å². The first-order valence-electron chi connectivity index (χ1n) is 11.3. The molecule has 0 aliphatic heterocycles. The highest BCUT2D eigenvalue weighted by atomic mass is 19.1. The zero-order valence-electron chi connectivity index (χ0n) is 19.9. The number of benzene rings is 3. The van der Waals surface area contributed by atoms with Gasteiger partial charge in [-0.3, -0.25) is 14.5 Å². The van der Waals surface area contributed by atoms with Crippen LogP contribution < -0.4 is 15.0 Å². The molecule has 0 bridgehead atoms. The Morgan fingerprint density at radius 3 is 2.58 bits per heavy atom. The van der Waals surface area contributed by atoms with Crippen molar-refractivity contribution in [1.82, 2.24) is 20.3 Å².